The first-order chi connectivity index (χ1) is 15.5. The van der Waals surface area contributed by atoms with E-state index in [4.69, 9.17) is 0 Å². The van der Waals surface area contributed by atoms with Crippen LogP contribution < -0.4 is 10.5 Å². The Hall–Kier alpha value is -2.64. The van der Waals surface area contributed by atoms with Crippen molar-refractivity contribution in [2.45, 2.75) is 31.3 Å². The average Bonchev–Trinajstić information content (AvgIpc) is 3.25. The molecular weight excluding hydrogens is 468 g/mol. The van der Waals surface area contributed by atoms with Gasteiger partial charge in [0.25, 0.3) is 5.56 Å². The lowest BCUT2D eigenvalue weighted by atomic mass is 9.83. The van der Waals surface area contributed by atoms with Gasteiger partial charge >= 0.3 is 0 Å². The van der Waals surface area contributed by atoms with Crippen molar-refractivity contribution in [1.29, 1.82) is 0 Å². The number of carbonyl (C=O) groups is 1. The second-order valence-electron chi connectivity index (χ2n) is 8.70. The van der Waals surface area contributed by atoms with Gasteiger partial charge in [-0.05, 0) is 53.0 Å². The van der Waals surface area contributed by atoms with Crippen molar-refractivity contribution >= 4 is 27.4 Å². The Morgan fingerprint density at radius 3 is 2.09 bits per heavy atom. The summed E-state index contributed by atoms with van der Waals surface area (Å²) in [6.07, 6.45) is 2.24. The summed E-state index contributed by atoms with van der Waals surface area (Å²) in [5, 5.41) is 0. The van der Waals surface area contributed by atoms with Crippen molar-refractivity contribution in [2.75, 3.05) is 24.5 Å². The number of hydrogen-bond acceptors (Lipinski definition) is 4. The van der Waals surface area contributed by atoms with Crippen LogP contribution >= 0.6 is 15.9 Å². The number of likely N-dealkylation sites (tertiary alicyclic amines) is 1. The monoisotopic (exact) mass is 494 g/mol. The third-order valence-corrected chi connectivity index (χ3v) is 7.84. The molecule has 2 aliphatic rings. The fourth-order valence-electron chi connectivity index (χ4n) is 5.28. The molecule has 0 amide bonds. The zero-order chi connectivity index (χ0) is 22.3. The second kappa shape index (κ2) is 8.37. The molecule has 32 heavy (non-hydrogen) atoms. The predicted molar refractivity (Wildman–Crippen MR) is 129 cm³/mol. The van der Waals surface area contributed by atoms with Crippen LogP contribution in [0.1, 0.15) is 25.0 Å². The van der Waals surface area contributed by atoms with E-state index in [2.05, 4.69) is 37.9 Å². The van der Waals surface area contributed by atoms with E-state index in [1.54, 1.807) is 4.68 Å². The molecule has 3 heterocycles. The molecule has 2 aliphatic heterocycles. The topological polar surface area (TPSA) is 50.5 Å². The Labute approximate surface area is 196 Å². The minimum absolute atomic E-state index is 0.0524. The van der Waals surface area contributed by atoms with Gasteiger partial charge in [0.1, 0.15) is 10.0 Å². The smallest absolute Gasteiger partial charge is 0.286 e. The van der Waals surface area contributed by atoms with Crippen LogP contribution in [0.3, 0.4) is 0 Å². The van der Waals surface area contributed by atoms with Crippen LogP contribution in [0.15, 0.2) is 69.9 Å². The highest BCUT2D eigenvalue weighted by molar-refractivity contribution is 9.10. The second-order valence-corrected chi connectivity index (χ2v) is 9.50. The van der Waals surface area contributed by atoms with Crippen LogP contribution in [0.5, 0.6) is 0 Å². The summed E-state index contributed by atoms with van der Waals surface area (Å²) in [6.45, 7) is 3.11. The third kappa shape index (κ3) is 3.44. The van der Waals surface area contributed by atoms with Gasteiger partial charge in [0, 0.05) is 45.3 Å². The standard InChI is InChI=1S/C25H27BrN4O2/c1-27-21(23(26)24(32)30(27)20-10-6-3-7-11-20)18-28-16-13-25(14-17-28)22(31)12-15-29(25)19-8-4-2-5-9-19/h2-11H,12-18H2,1H3. The molecule has 6 nitrogen and oxygen atoms in total. The van der Waals surface area contributed by atoms with Crippen LogP contribution in [0.2, 0.25) is 0 Å². The fourth-order valence-corrected chi connectivity index (χ4v) is 5.83. The van der Waals surface area contributed by atoms with Crippen LogP contribution in [0.25, 0.3) is 5.69 Å². The number of piperidine rings is 1. The number of benzene rings is 2. The molecule has 2 fully saturated rings. The van der Waals surface area contributed by atoms with E-state index in [1.807, 2.05) is 60.3 Å². The van der Waals surface area contributed by atoms with Crippen molar-refractivity contribution in [2.24, 2.45) is 7.05 Å². The first-order valence-electron chi connectivity index (χ1n) is 11.1. The summed E-state index contributed by atoms with van der Waals surface area (Å²) in [4.78, 5) is 30.6. The molecule has 0 aliphatic carbocycles. The van der Waals surface area contributed by atoms with E-state index in [0.717, 1.165) is 49.5 Å². The maximum atomic E-state index is 13.0. The molecule has 0 saturated carbocycles. The van der Waals surface area contributed by atoms with E-state index in [0.29, 0.717) is 23.2 Å². The van der Waals surface area contributed by atoms with Crippen molar-refractivity contribution in [1.82, 2.24) is 14.3 Å². The van der Waals surface area contributed by atoms with Gasteiger partial charge < -0.3 is 4.90 Å². The van der Waals surface area contributed by atoms with E-state index < -0.39 is 5.54 Å². The molecule has 2 saturated heterocycles. The number of ketones is 1. The Kier molecular flexibility index (Phi) is 5.55. The van der Waals surface area contributed by atoms with Gasteiger partial charge in [-0.15, -0.1) is 0 Å². The van der Waals surface area contributed by atoms with Gasteiger partial charge in [-0.1, -0.05) is 36.4 Å². The van der Waals surface area contributed by atoms with Crippen molar-refractivity contribution < 1.29 is 4.79 Å². The average molecular weight is 495 g/mol. The molecule has 0 unspecified atom stereocenters. The molecule has 1 spiro atoms. The minimum Gasteiger partial charge on any atom is -0.358 e. The Bertz CT molecular complexity index is 1180. The first kappa shape index (κ1) is 21.2. The zero-order valence-electron chi connectivity index (χ0n) is 18.2. The van der Waals surface area contributed by atoms with E-state index in [9.17, 15) is 9.59 Å². The normalized spacial score (nSPS) is 18.6. The highest BCUT2D eigenvalue weighted by atomic mass is 79.9. The number of Topliss-reactive ketones (excluding diaryl/α,β-unsaturated/α-hetero) is 1. The molecule has 3 aromatic rings. The van der Waals surface area contributed by atoms with E-state index >= 15 is 0 Å². The van der Waals surface area contributed by atoms with Gasteiger partial charge in [0.05, 0.1) is 11.4 Å². The summed E-state index contributed by atoms with van der Waals surface area (Å²) >= 11 is 3.54. The quantitative estimate of drug-likeness (QED) is 0.554. The van der Waals surface area contributed by atoms with Crippen molar-refractivity contribution in [3.05, 3.63) is 81.2 Å². The zero-order valence-corrected chi connectivity index (χ0v) is 19.8. The highest BCUT2D eigenvalue weighted by Gasteiger charge is 2.49. The predicted octanol–water partition coefficient (Wildman–Crippen LogP) is 3.75. The third-order valence-electron chi connectivity index (χ3n) is 7.05. The number of aromatic nitrogens is 2. The molecule has 2 aromatic carbocycles. The number of carbonyl (C=O) groups excluding carboxylic acids is 1. The number of nitrogens with zero attached hydrogens (tertiary/aromatic N) is 4. The highest BCUT2D eigenvalue weighted by Crippen LogP contribution is 2.39. The lowest BCUT2D eigenvalue weighted by molar-refractivity contribution is -0.123. The van der Waals surface area contributed by atoms with Crippen LogP contribution in [0, 0.1) is 0 Å². The number of rotatable bonds is 4. The molecule has 0 bridgehead atoms. The largest absolute Gasteiger partial charge is 0.358 e. The van der Waals surface area contributed by atoms with Gasteiger partial charge in [-0.3, -0.25) is 19.2 Å². The van der Waals surface area contributed by atoms with Crippen molar-refractivity contribution in [3.63, 3.8) is 0 Å². The van der Waals surface area contributed by atoms with Crippen LogP contribution in [-0.4, -0.2) is 45.2 Å². The molecule has 1 aromatic heterocycles. The summed E-state index contributed by atoms with van der Waals surface area (Å²) < 4.78 is 4.23. The molecule has 0 radical (unpaired) electrons. The Balaban J connectivity index is 1.36. The van der Waals surface area contributed by atoms with Crippen molar-refractivity contribution in [3.8, 4) is 5.69 Å². The number of anilines is 1. The van der Waals surface area contributed by atoms with Gasteiger partial charge in [-0.2, -0.15) is 0 Å². The molecule has 0 atom stereocenters. The number of para-hydroxylation sites is 2. The molecule has 166 valence electrons. The van der Waals surface area contributed by atoms with Crippen LogP contribution in [-0.2, 0) is 18.4 Å². The first-order valence-corrected chi connectivity index (χ1v) is 11.9. The molecule has 5 rings (SSSR count). The molecule has 0 N–H and O–H groups in total. The Morgan fingerprint density at radius 2 is 1.47 bits per heavy atom. The lowest BCUT2D eigenvalue weighted by Gasteiger charge is -2.44. The summed E-state index contributed by atoms with van der Waals surface area (Å²) in [5.74, 6) is 0.366. The fraction of sp³-hybridized carbons (Fsp3) is 0.360. The van der Waals surface area contributed by atoms with Gasteiger partial charge in [0.2, 0.25) is 0 Å². The SMILES string of the molecule is Cn1c(CN2CCC3(CC2)C(=O)CCN3c2ccccc2)c(Br)c(=O)n1-c1ccccc1. The molecule has 7 heteroatoms. The minimum atomic E-state index is -0.392. The maximum absolute atomic E-state index is 13.0. The molecular formula is C25H27BrN4O2. The summed E-state index contributed by atoms with van der Waals surface area (Å²) in [7, 11) is 1.93. The van der Waals surface area contributed by atoms with Crippen LogP contribution in [0.4, 0.5) is 5.69 Å². The summed E-state index contributed by atoms with van der Waals surface area (Å²) in [5.41, 5.74) is 2.49. The maximum Gasteiger partial charge on any atom is 0.286 e. The Morgan fingerprint density at radius 1 is 0.875 bits per heavy atom. The number of halogens is 1. The van der Waals surface area contributed by atoms with E-state index in [1.165, 1.54) is 0 Å². The van der Waals surface area contributed by atoms with Gasteiger partial charge in [-0.25, -0.2) is 4.68 Å². The van der Waals surface area contributed by atoms with E-state index in [-0.39, 0.29) is 5.56 Å². The summed E-state index contributed by atoms with van der Waals surface area (Å²) in [6, 6.07) is 20.0. The van der Waals surface area contributed by atoms with Gasteiger partial charge in [0.15, 0.2) is 5.78 Å². The number of hydrogen-bond donors (Lipinski definition) is 0. The lowest BCUT2D eigenvalue weighted by Crippen LogP contribution is -2.55.